The molecule has 86 valence electrons. The molecule has 2 rings (SSSR count). The summed E-state index contributed by atoms with van der Waals surface area (Å²) in [6.07, 6.45) is 0. The van der Waals surface area contributed by atoms with Crippen LogP contribution in [0.25, 0.3) is 0 Å². The SMILES string of the molecule is O=C(c1cc(Cl)cc(Cl)c1)c1cccc(Br)c1. The van der Waals surface area contributed by atoms with Crippen molar-refractivity contribution in [3.05, 3.63) is 68.1 Å². The van der Waals surface area contributed by atoms with E-state index >= 15 is 0 Å². The molecule has 0 unspecified atom stereocenters. The van der Waals surface area contributed by atoms with Gasteiger partial charge in [0.1, 0.15) is 0 Å². The fourth-order valence-corrected chi connectivity index (χ4v) is 2.41. The number of halogens is 3. The van der Waals surface area contributed by atoms with Crippen LogP contribution in [0.1, 0.15) is 15.9 Å². The third kappa shape index (κ3) is 3.09. The second-order valence-electron chi connectivity index (χ2n) is 3.50. The molecule has 0 aromatic heterocycles. The van der Waals surface area contributed by atoms with E-state index in [9.17, 15) is 4.79 Å². The first-order valence-electron chi connectivity index (χ1n) is 4.82. The number of hydrogen-bond donors (Lipinski definition) is 0. The van der Waals surface area contributed by atoms with Crippen molar-refractivity contribution < 1.29 is 4.79 Å². The van der Waals surface area contributed by atoms with Gasteiger partial charge in [0.25, 0.3) is 0 Å². The van der Waals surface area contributed by atoms with E-state index in [2.05, 4.69) is 15.9 Å². The molecule has 0 bridgehead atoms. The average Bonchev–Trinajstić information content (AvgIpc) is 2.26. The molecule has 0 amide bonds. The van der Waals surface area contributed by atoms with E-state index in [-0.39, 0.29) is 5.78 Å². The Hall–Kier alpha value is -0.830. The van der Waals surface area contributed by atoms with Gasteiger partial charge in [0.05, 0.1) is 0 Å². The Morgan fingerprint density at radius 1 is 0.941 bits per heavy atom. The lowest BCUT2D eigenvalue weighted by Gasteiger charge is -2.03. The molecular formula is C13H7BrCl2O. The molecular weight excluding hydrogens is 323 g/mol. The summed E-state index contributed by atoms with van der Waals surface area (Å²) in [5, 5.41) is 0.909. The van der Waals surface area contributed by atoms with Gasteiger partial charge in [-0.15, -0.1) is 0 Å². The normalized spacial score (nSPS) is 10.3. The van der Waals surface area contributed by atoms with E-state index in [0.29, 0.717) is 21.2 Å². The summed E-state index contributed by atoms with van der Waals surface area (Å²) in [6.45, 7) is 0. The van der Waals surface area contributed by atoms with Gasteiger partial charge in [0.15, 0.2) is 5.78 Å². The molecule has 0 aliphatic rings. The standard InChI is InChI=1S/C13H7BrCl2O/c14-10-3-1-2-8(4-10)13(17)9-5-11(15)7-12(16)6-9/h1-7H. The van der Waals surface area contributed by atoms with Crippen molar-refractivity contribution in [3.63, 3.8) is 0 Å². The fraction of sp³-hybridized carbons (Fsp3) is 0. The monoisotopic (exact) mass is 328 g/mol. The Kier molecular flexibility index (Phi) is 3.87. The Labute approximate surface area is 117 Å². The number of ketones is 1. The molecule has 0 aliphatic heterocycles. The molecule has 1 nitrogen and oxygen atoms in total. The van der Waals surface area contributed by atoms with Gasteiger partial charge in [0, 0.05) is 25.6 Å². The van der Waals surface area contributed by atoms with Crippen LogP contribution >= 0.6 is 39.1 Å². The molecule has 2 aromatic rings. The minimum atomic E-state index is -0.101. The summed E-state index contributed by atoms with van der Waals surface area (Å²) in [6, 6.07) is 12.0. The van der Waals surface area contributed by atoms with Crippen LogP contribution in [0.2, 0.25) is 10.0 Å². The van der Waals surface area contributed by atoms with Crippen LogP contribution < -0.4 is 0 Å². The summed E-state index contributed by atoms with van der Waals surface area (Å²) in [7, 11) is 0. The maximum absolute atomic E-state index is 12.2. The van der Waals surface area contributed by atoms with Crippen LogP contribution in [0.5, 0.6) is 0 Å². The first-order valence-corrected chi connectivity index (χ1v) is 6.37. The van der Waals surface area contributed by atoms with E-state index in [1.54, 1.807) is 30.3 Å². The summed E-state index contributed by atoms with van der Waals surface area (Å²) in [5.41, 5.74) is 1.08. The fourth-order valence-electron chi connectivity index (χ4n) is 1.48. The highest BCUT2D eigenvalue weighted by atomic mass is 79.9. The Morgan fingerprint density at radius 2 is 1.59 bits per heavy atom. The van der Waals surface area contributed by atoms with Gasteiger partial charge in [-0.1, -0.05) is 51.3 Å². The molecule has 0 N–H and O–H groups in total. The third-order valence-corrected chi connectivity index (χ3v) is 3.14. The maximum atomic E-state index is 12.2. The predicted molar refractivity (Wildman–Crippen MR) is 74.0 cm³/mol. The van der Waals surface area contributed by atoms with Crippen LogP contribution in [-0.4, -0.2) is 5.78 Å². The predicted octanol–water partition coefficient (Wildman–Crippen LogP) is 4.99. The van der Waals surface area contributed by atoms with Crippen LogP contribution in [0, 0.1) is 0 Å². The van der Waals surface area contributed by atoms with E-state index in [0.717, 1.165) is 4.47 Å². The van der Waals surface area contributed by atoms with Gasteiger partial charge in [-0.25, -0.2) is 0 Å². The van der Waals surface area contributed by atoms with Crippen molar-refractivity contribution in [3.8, 4) is 0 Å². The van der Waals surface area contributed by atoms with E-state index in [1.165, 1.54) is 0 Å². The molecule has 0 atom stereocenters. The van der Waals surface area contributed by atoms with Crippen LogP contribution in [0.3, 0.4) is 0 Å². The number of hydrogen-bond acceptors (Lipinski definition) is 1. The van der Waals surface area contributed by atoms with Crippen LogP contribution in [0.4, 0.5) is 0 Å². The Balaban J connectivity index is 2.43. The number of rotatable bonds is 2. The zero-order chi connectivity index (χ0) is 12.4. The van der Waals surface area contributed by atoms with E-state index in [1.807, 2.05) is 12.1 Å². The summed E-state index contributed by atoms with van der Waals surface area (Å²) in [4.78, 5) is 12.2. The topological polar surface area (TPSA) is 17.1 Å². The number of carbonyl (C=O) groups excluding carboxylic acids is 1. The van der Waals surface area contributed by atoms with Gasteiger partial charge in [-0.05, 0) is 30.3 Å². The molecule has 0 spiro atoms. The molecule has 4 heteroatoms. The zero-order valence-electron chi connectivity index (χ0n) is 8.58. The van der Waals surface area contributed by atoms with Gasteiger partial charge in [-0.3, -0.25) is 4.79 Å². The van der Waals surface area contributed by atoms with Crippen molar-refractivity contribution in [1.29, 1.82) is 0 Å². The molecule has 2 aromatic carbocycles. The quantitative estimate of drug-likeness (QED) is 0.709. The van der Waals surface area contributed by atoms with Crippen LogP contribution in [-0.2, 0) is 0 Å². The van der Waals surface area contributed by atoms with E-state index < -0.39 is 0 Å². The highest BCUT2D eigenvalue weighted by Crippen LogP contribution is 2.22. The smallest absolute Gasteiger partial charge is 0.193 e. The van der Waals surface area contributed by atoms with Gasteiger partial charge in [-0.2, -0.15) is 0 Å². The van der Waals surface area contributed by atoms with Gasteiger partial charge < -0.3 is 0 Å². The lowest BCUT2D eigenvalue weighted by Crippen LogP contribution is -2.01. The maximum Gasteiger partial charge on any atom is 0.193 e. The number of carbonyl (C=O) groups is 1. The van der Waals surface area contributed by atoms with Crippen molar-refractivity contribution in [1.82, 2.24) is 0 Å². The highest BCUT2D eigenvalue weighted by Gasteiger charge is 2.10. The summed E-state index contributed by atoms with van der Waals surface area (Å²) >= 11 is 15.1. The average molecular weight is 330 g/mol. The third-order valence-electron chi connectivity index (χ3n) is 2.21. The first kappa shape index (κ1) is 12.6. The number of benzene rings is 2. The molecule has 0 aliphatic carbocycles. The van der Waals surface area contributed by atoms with Crippen LogP contribution in [0.15, 0.2) is 46.9 Å². The lowest BCUT2D eigenvalue weighted by molar-refractivity contribution is 0.103. The lowest BCUT2D eigenvalue weighted by atomic mass is 10.0. The van der Waals surface area contributed by atoms with E-state index in [4.69, 9.17) is 23.2 Å². The highest BCUT2D eigenvalue weighted by molar-refractivity contribution is 9.10. The summed E-state index contributed by atoms with van der Waals surface area (Å²) < 4.78 is 0.858. The van der Waals surface area contributed by atoms with Crippen molar-refractivity contribution in [2.45, 2.75) is 0 Å². The molecule has 0 fully saturated rings. The molecule has 0 radical (unpaired) electrons. The van der Waals surface area contributed by atoms with Gasteiger partial charge >= 0.3 is 0 Å². The molecule has 0 heterocycles. The van der Waals surface area contributed by atoms with Crippen molar-refractivity contribution >= 4 is 44.9 Å². The molecule has 0 saturated heterocycles. The summed E-state index contributed by atoms with van der Waals surface area (Å²) in [5.74, 6) is -0.101. The molecule has 0 saturated carbocycles. The Morgan fingerprint density at radius 3 is 2.18 bits per heavy atom. The minimum Gasteiger partial charge on any atom is -0.289 e. The van der Waals surface area contributed by atoms with Gasteiger partial charge in [0.2, 0.25) is 0 Å². The largest absolute Gasteiger partial charge is 0.289 e. The zero-order valence-corrected chi connectivity index (χ0v) is 11.7. The second kappa shape index (κ2) is 5.21. The minimum absolute atomic E-state index is 0.101. The van der Waals surface area contributed by atoms with Crippen molar-refractivity contribution in [2.75, 3.05) is 0 Å². The first-order chi connectivity index (χ1) is 8.06. The Bertz CT molecular complexity index is 561. The van der Waals surface area contributed by atoms with Crippen molar-refractivity contribution in [2.24, 2.45) is 0 Å². The molecule has 17 heavy (non-hydrogen) atoms. The second-order valence-corrected chi connectivity index (χ2v) is 5.29.